The third kappa shape index (κ3) is 3.38. The van der Waals surface area contributed by atoms with Gasteiger partial charge in [-0.15, -0.1) is 0 Å². The summed E-state index contributed by atoms with van der Waals surface area (Å²) in [4.78, 5) is 19.4. The van der Waals surface area contributed by atoms with Crippen LogP contribution in [-0.4, -0.2) is 35.2 Å². The molecule has 1 aromatic carbocycles. The number of anilines is 1. The lowest BCUT2D eigenvalue weighted by molar-refractivity contribution is -0.317. The fourth-order valence-electron chi connectivity index (χ4n) is 2.03. The lowest BCUT2D eigenvalue weighted by Crippen LogP contribution is -2.65. The highest BCUT2D eigenvalue weighted by Gasteiger charge is 2.65. The van der Waals surface area contributed by atoms with Crippen molar-refractivity contribution in [2.24, 2.45) is 0 Å². The molecule has 1 aromatic heterocycles. The van der Waals surface area contributed by atoms with Crippen molar-refractivity contribution in [2.45, 2.75) is 12.1 Å². The van der Waals surface area contributed by atoms with Crippen LogP contribution in [0.5, 0.6) is 17.4 Å². The molecule has 2 amide bonds. The third-order valence-corrected chi connectivity index (χ3v) is 3.39. The van der Waals surface area contributed by atoms with Gasteiger partial charge < -0.3 is 14.2 Å². The number of methoxy groups -OCH3 is 1. The summed E-state index contributed by atoms with van der Waals surface area (Å²) in [5.74, 6) is -3.89. The molecule has 8 nitrogen and oxygen atoms in total. The number of urea groups is 1. The van der Waals surface area contributed by atoms with Crippen LogP contribution in [0.4, 0.5) is 23.8 Å². The molecular weight excluding hydrogens is 381 g/mol. The molecule has 2 heterocycles. The van der Waals surface area contributed by atoms with Crippen molar-refractivity contribution in [3.63, 3.8) is 0 Å². The molecule has 0 fully saturated rings. The second kappa shape index (κ2) is 6.41. The number of nitrogens with zero attached hydrogens (tertiary/aromatic N) is 2. The van der Waals surface area contributed by atoms with Crippen molar-refractivity contribution in [1.82, 2.24) is 15.3 Å². The van der Waals surface area contributed by atoms with Crippen LogP contribution < -0.4 is 24.8 Å². The number of carbonyl (C=O) groups excluding carboxylic acids is 1. The number of halogens is 4. The molecule has 138 valence electrons. The number of hydrogen-bond acceptors (Lipinski definition) is 6. The molecule has 1 aliphatic rings. The number of alkyl halides is 3. The van der Waals surface area contributed by atoms with E-state index in [9.17, 15) is 18.0 Å². The Hall–Kier alpha value is -2.95. The Morgan fingerprint density at radius 3 is 2.65 bits per heavy atom. The fourth-order valence-corrected chi connectivity index (χ4v) is 2.19. The topological polar surface area (TPSA) is 94.6 Å². The Morgan fingerprint density at radius 1 is 1.23 bits per heavy atom. The highest BCUT2D eigenvalue weighted by atomic mass is 35.5. The molecule has 3 rings (SSSR count). The van der Waals surface area contributed by atoms with Crippen molar-refractivity contribution in [3.05, 3.63) is 35.6 Å². The zero-order chi connectivity index (χ0) is 18.9. The first-order chi connectivity index (χ1) is 12.2. The number of benzene rings is 1. The molecule has 0 radical (unpaired) electrons. The summed E-state index contributed by atoms with van der Waals surface area (Å²) in [6.07, 6.45) is -4.03. The van der Waals surface area contributed by atoms with Crippen LogP contribution in [0.1, 0.15) is 0 Å². The highest BCUT2D eigenvalue weighted by molar-refractivity contribution is 6.30. The van der Waals surface area contributed by atoms with Crippen molar-refractivity contribution < 1.29 is 32.2 Å². The van der Waals surface area contributed by atoms with Gasteiger partial charge in [-0.2, -0.15) is 13.2 Å². The Labute approximate surface area is 149 Å². The van der Waals surface area contributed by atoms with Crippen LogP contribution >= 0.6 is 11.6 Å². The first-order valence-corrected chi connectivity index (χ1v) is 7.30. The maximum Gasteiger partial charge on any atom is 0.492 e. The average molecular weight is 391 g/mol. The molecule has 0 bridgehead atoms. The predicted octanol–water partition coefficient (Wildman–Crippen LogP) is 2.95. The molecular formula is C14H10ClF3N4O4. The number of rotatable bonds is 3. The van der Waals surface area contributed by atoms with Crippen molar-refractivity contribution in [3.8, 4) is 17.4 Å². The van der Waals surface area contributed by atoms with Gasteiger partial charge in [0.25, 0.3) is 0 Å². The fraction of sp³-hybridized carbons (Fsp3) is 0.214. The Bertz CT molecular complexity index is 851. The second-order valence-electron chi connectivity index (χ2n) is 4.93. The van der Waals surface area contributed by atoms with E-state index in [1.807, 2.05) is 0 Å². The standard InChI is InChI=1S/C14H10ClF3N4O4/c1-24-11-5-10(19-6-20-11)21-12(23)22-14(13(16,17)18)25-8-3-2-7(15)4-9(8)26-14/h2-6H,1H3,(H2,19,20,21,22,23)/t14-/m0/s1. The zero-order valence-electron chi connectivity index (χ0n) is 12.9. The molecule has 2 aromatic rings. The van der Waals surface area contributed by atoms with E-state index in [1.54, 1.807) is 5.32 Å². The smallest absolute Gasteiger partial charge is 0.481 e. The van der Waals surface area contributed by atoms with Crippen molar-refractivity contribution >= 4 is 23.4 Å². The largest absolute Gasteiger partial charge is 0.492 e. The maximum atomic E-state index is 13.5. The summed E-state index contributed by atoms with van der Waals surface area (Å²) < 4.78 is 55.1. The van der Waals surface area contributed by atoms with Gasteiger partial charge in [0.1, 0.15) is 12.1 Å². The average Bonchev–Trinajstić information content (AvgIpc) is 2.93. The van der Waals surface area contributed by atoms with Gasteiger partial charge in [0.15, 0.2) is 11.5 Å². The van der Waals surface area contributed by atoms with Crippen molar-refractivity contribution in [1.29, 1.82) is 0 Å². The predicted molar refractivity (Wildman–Crippen MR) is 82.2 cm³/mol. The SMILES string of the molecule is COc1cc(NC(=O)N[C@@]2(C(F)(F)F)Oc3ccc(Cl)cc3O2)ncn1. The zero-order valence-corrected chi connectivity index (χ0v) is 13.7. The van der Waals surface area contributed by atoms with Crippen LogP contribution in [-0.2, 0) is 0 Å². The summed E-state index contributed by atoms with van der Waals surface area (Å²) in [7, 11) is 1.33. The summed E-state index contributed by atoms with van der Waals surface area (Å²) >= 11 is 5.73. The number of aromatic nitrogens is 2. The Balaban J connectivity index is 1.81. The molecule has 0 unspecified atom stereocenters. The van der Waals surface area contributed by atoms with E-state index < -0.39 is 18.1 Å². The van der Waals surface area contributed by atoms with Crippen molar-refractivity contribution in [2.75, 3.05) is 12.4 Å². The first-order valence-electron chi connectivity index (χ1n) is 6.92. The molecule has 0 saturated heterocycles. The number of amides is 2. The summed E-state index contributed by atoms with van der Waals surface area (Å²) in [6, 6.07) is 3.59. The molecule has 0 aliphatic carbocycles. The minimum atomic E-state index is -5.10. The van der Waals surface area contributed by atoms with Gasteiger partial charge in [-0.1, -0.05) is 11.6 Å². The highest BCUT2D eigenvalue weighted by Crippen LogP contribution is 2.46. The molecule has 1 aliphatic heterocycles. The number of nitrogens with one attached hydrogen (secondary N) is 2. The normalized spacial score (nSPS) is 18.3. The third-order valence-electron chi connectivity index (χ3n) is 3.16. The maximum absolute atomic E-state index is 13.5. The Morgan fingerprint density at radius 2 is 1.96 bits per heavy atom. The van der Waals surface area contributed by atoms with Crippen LogP contribution in [0.3, 0.4) is 0 Å². The van der Waals surface area contributed by atoms with Gasteiger partial charge in [-0.05, 0) is 12.1 Å². The van der Waals surface area contributed by atoms with E-state index in [-0.39, 0.29) is 28.2 Å². The molecule has 0 saturated carbocycles. The van der Waals surface area contributed by atoms with Gasteiger partial charge >= 0.3 is 18.1 Å². The van der Waals surface area contributed by atoms with Crippen LogP contribution in [0.15, 0.2) is 30.6 Å². The molecule has 26 heavy (non-hydrogen) atoms. The van der Waals surface area contributed by atoms with Crippen LogP contribution in [0.25, 0.3) is 0 Å². The molecule has 12 heteroatoms. The lowest BCUT2D eigenvalue weighted by Gasteiger charge is -2.29. The van der Waals surface area contributed by atoms with Crippen LogP contribution in [0, 0.1) is 0 Å². The van der Waals surface area contributed by atoms with E-state index in [1.165, 1.54) is 25.3 Å². The Kier molecular flexibility index (Phi) is 4.40. The van der Waals surface area contributed by atoms with Gasteiger partial charge in [-0.3, -0.25) is 10.6 Å². The summed E-state index contributed by atoms with van der Waals surface area (Å²) in [5.41, 5.74) is 0. The van der Waals surface area contributed by atoms with E-state index in [0.717, 1.165) is 12.4 Å². The minimum Gasteiger partial charge on any atom is -0.481 e. The van der Waals surface area contributed by atoms with Gasteiger partial charge in [0, 0.05) is 17.2 Å². The first kappa shape index (κ1) is 17.9. The monoisotopic (exact) mass is 390 g/mol. The molecule has 0 spiro atoms. The number of carbonyl (C=O) groups is 1. The van der Waals surface area contributed by atoms with Gasteiger partial charge in [-0.25, -0.2) is 14.8 Å². The minimum absolute atomic E-state index is 0.0924. The molecule has 1 atom stereocenters. The molecule has 2 N–H and O–H groups in total. The quantitative estimate of drug-likeness (QED) is 0.836. The number of fused-ring (bicyclic) bond motifs is 1. The van der Waals surface area contributed by atoms with E-state index in [2.05, 4.69) is 15.3 Å². The lowest BCUT2D eigenvalue weighted by atomic mass is 10.3. The summed E-state index contributed by atoms with van der Waals surface area (Å²) in [6.45, 7) is 0. The van der Waals surface area contributed by atoms with Gasteiger partial charge in [0.05, 0.1) is 7.11 Å². The second-order valence-corrected chi connectivity index (χ2v) is 5.37. The number of ether oxygens (including phenoxy) is 3. The van der Waals surface area contributed by atoms with E-state index in [0.29, 0.717) is 0 Å². The van der Waals surface area contributed by atoms with Crippen LogP contribution in [0.2, 0.25) is 5.02 Å². The van der Waals surface area contributed by atoms with E-state index in [4.69, 9.17) is 25.8 Å². The van der Waals surface area contributed by atoms with Gasteiger partial charge in [0.2, 0.25) is 5.88 Å². The van der Waals surface area contributed by atoms with E-state index >= 15 is 0 Å². The summed E-state index contributed by atoms with van der Waals surface area (Å²) in [5, 5.41) is 3.87. The number of hydrogen-bond donors (Lipinski definition) is 2.